The Labute approximate surface area is 200 Å². The molecule has 33 heavy (non-hydrogen) atoms. The number of rotatable bonds is 7. The van der Waals surface area contributed by atoms with Crippen molar-refractivity contribution in [3.05, 3.63) is 51.9 Å². The van der Waals surface area contributed by atoms with E-state index < -0.39 is 22.5 Å². The van der Waals surface area contributed by atoms with E-state index in [1.807, 2.05) is 4.90 Å². The number of aromatic nitrogens is 1. The van der Waals surface area contributed by atoms with Crippen LogP contribution >= 0.6 is 23.2 Å². The number of alkyl halides is 1. The molecule has 2 aliphatic rings. The molecule has 2 aliphatic heterocycles. The van der Waals surface area contributed by atoms with Gasteiger partial charge in [0.05, 0.1) is 22.2 Å². The zero-order valence-electron chi connectivity index (χ0n) is 17.5. The number of piperazine rings is 1. The number of benzene rings is 1. The van der Waals surface area contributed by atoms with Gasteiger partial charge in [-0.3, -0.25) is 9.18 Å². The van der Waals surface area contributed by atoms with Gasteiger partial charge in [-0.1, -0.05) is 23.2 Å². The third-order valence-corrected chi connectivity index (χ3v) is 7.81. The van der Waals surface area contributed by atoms with Gasteiger partial charge in [0.2, 0.25) is 10.0 Å². The lowest BCUT2D eigenvalue weighted by molar-refractivity contribution is 0.0717. The maximum atomic E-state index is 13.4. The van der Waals surface area contributed by atoms with Crippen molar-refractivity contribution in [2.45, 2.75) is 36.2 Å². The standard InChI is InChI=1S/C21H22Cl2F2N4O3S/c22-18-8-13(25)2-5-17(18)21(30)28-11-14-3-4-15(12-28)29(14)20-10-16(9-19(23)27-20)33(31,32)26-7-1-6-24/h2,5,8-10,14-15,26H,1,3-4,6-7,11-12H2. The third kappa shape index (κ3) is 5.08. The van der Waals surface area contributed by atoms with E-state index in [1.54, 1.807) is 4.90 Å². The minimum atomic E-state index is -3.88. The van der Waals surface area contributed by atoms with Gasteiger partial charge in [0.1, 0.15) is 16.8 Å². The number of halogens is 4. The van der Waals surface area contributed by atoms with Crippen molar-refractivity contribution in [3.8, 4) is 0 Å². The lowest BCUT2D eigenvalue weighted by atomic mass is 10.1. The molecule has 1 aromatic heterocycles. The normalized spacial score (nSPS) is 20.4. The number of nitrogens with zero attached hydrogens (tertiary/aromatic N) is 3. The Morgan fingerprint density at radius 3 is 2.48 bits per heavy atom. The van der Waals surface area contributed by atoms with Crippen molar-refractivity contribution in [2.75, 3.05) is 31.2 Å². The molecule has 2 fully saturated rings. The highest BCUT2D eigenvalue weighted by Crippen LogP contribution is 2.36. The highest BCUT2D eigenvalue weighted by atomic mass is 35.5. The predicted octanol–water partition coefficient (Wildman–Crippen LogP) is 3.66. The van der Waals surface area contributed by atoms with Crippen LogP contribution in [0.5, 0.6) is 0 Å². The first-order valence-electron chi connectivity index (χ1n) is 10.5. The summed E-state index contributed by atoms with van der Waals surface area (Å²) in [5.41, 5.74) is 0.236. The number of hydrogen-bond acceptors (Lipinski definition) is 5. The molecule has 0 saturated carbocycles. The molecule has 12 heteroatoms. The zero-order chi connectivity index (χ0) is 23.8. The average Bonchev–Trinajstić information content (AvgIpc) is 3.02. The molecule has 1 amide bonds. The van der Waals surface area contributed by atoms with Crippen LogP contribution in [-0.2, 0) is 10.0 Å². The summed E-state index contributed by atoms with van der Waals surface area (Å²) >= 11 is 12.2. The molecular weight excluding hydrogens is 497 g/mol. The Morgan fingerprint density at radius 1 is 1.15 bits per heavy atom. The number of fused-ring (bicyclic) bond motifs is 2. The Morgan fingerprint density at radius 2 is 1.85 bits per heavy atom. The number of anilines is 1. The van der Waals surface area contributed by atoms with Gasteiger partial charge in [-0.05, 0) is 43.5 Å². The highest BCUT2D eigenvalue weighted by molar-refractivity contribution is 7.89. The van der Waals surface area contributed by atoms with Crippen LogP contribution in [0.2, 0.25) is 10.2 Å². The summed E-state index contributed by atoms with van der Waals surface area (Å²) in [5.74, 6) is -0.387. The van der Waals surface area contributed by atoms with Crippen molar-refractivity contribution in [1.82, 2.24) is 14.6 Å². The first-order chi connectivity index (χ1) is 15.7. The molecule has 1 aromatic carbocycles. The molecule has 178 valence electrons. The highest BCUT2D eigenvalue weighted by Gasteiger charge is 2.42. The molecule has 3 heterocycles. The number of carbonyl (C=O) groups is 1. The third-order valence-electron chi connectivity index (χ3n) is 5.86. The van der Waals surface area contributed by atoms with Crippen LogP contribution in [-0.4, -0.2) is 62.6 Å². The largest absolute Gasteiger partial charge is 0.347 e. The van der Waals surface area contributed by atoms with Crippen molar-refractivity contribution >= 4 is 45.0 Å². The fourth-order valence-electron chi connectivity index (χ4n) is 4.38. The number of hydrogen-bond donors (Lipinski definition) is 1. The lowest BCUT2D eigenvalue weighted by Crippen LogP contribution is -2.55. The number of nitrogens with one attached hydrogen (secondary N) is 1. The van der Waals surface area contributed by atoms with Crippen LogP contribution in [0.4, 0.5) is 14.6 Å². The monoisotopic (exact) mass is 518 g/mol. The van der Waals surface area contributed by atoms with Crippen molar-refractivity contribution in [1.29, 1.82) is 0 Å². The molecule has 0 spiro atoms. The number of amides is 1. The second kappa shape index (κ2) is 9.69. The van der Waals surface area contributed by atoms with Gasteiger partial charge >= 0.3 is 0 Å². The van der Waals surface area contributed by atoms with E-state index in [0.29, 0.717) is 18.9 Å². The minimum Gasteiger partial charge on any atom is -0.347 e. The molecule has 7 nitrogen and oxygen atoms in total. The van der Waals surface area contributed by atoms with Crippen LogP contribution in [0.3, 0.4) is 0 Å². The predicted molar refractivity (Wildman–Crippen MR) is 122 cm³/mol. The van der Waals surface area contributed by atoms with Crippen LogP contribution in [0.15, 0.2) is 35.2 Å². The summed E-state index contributed by atoms with van der Waals surface area (Å²) in [6, 6.07) is 6.20. The van der Waals surface area contributed by atoms with E-state index >= 15 is 0 Å². The van der Waals surface area contributed by atoms with E-state index in [4.69, 9.17) is 23.2 Å². The van der Waals surface area contributed by atoms with Crippen molar-refractivity contribution in [3.63, 3.8) is 0 Å². The maximum Gasteiger partial charge on any atom is 0.255 e. The van der Waals surface area contributed by atoms with Crippen LogP contribution in [0, 0.1) is 5.82 Å². The fraction of sp³-hybridized carbons (Fsp3) is 0.429. The molecule has 2 aromatic rings. The quantitative estimate of drug-likeness (QED) is 0.446. The van der Waals surface area contributed by atoms with Crippen molar-refractivity contribution in [2.24, 2.45) is 0 Å². The van der Waals surface area contributed by atoms with E-state index in [2.05, 4.69) is 9.71 Å². The van der Waals surface area contributed by atoms with Crippen LogP contribution < -0.4 is 9.62 Å². The van der Waals surface area contributed by atoms with Gasteiger partial charge < -0.3 is 9.80 Å². The second-order valence-electron chi connectivity index (χ2n) is 8.05. The maximum absolute atomic E-state index is 13.4. The smallest absolute Gasteiger partial charge is 0.255 e. The SMILES string of the molecule is O=C(c1ccc(F)cc1Cl)N1CC2CCC(C1)N2c1cc(S(=O)(=O)NCCCF)cc(Cl)n1. The molecule has 2 saturated heterocycles. The van der Waals surface area contributed by atoms with E-state index in [-0.39, 0.29) is 51.6 Å². The lowest BCUT2D eigenvalue weighted by Gasteiger charge is -2.42. The number of pyridine rings is 1. The molecule has 2 bridgehead atoms. The van der Waals surface area contributed by atoms with Crippen LogP contribution in [0.25, 0.3) is 0 Å². The fourth-order valence-corrected chi connectivity index (χ4v) is 6.00. The van der Waals surface area contributed by atoms with Crippen molar-refractivity contribution < 1.29 is 22.0 Å². The Kier molecular flexibility index (Phi) is 7.09. The number of carbonyl (C=O) groups excluding carboxylic acids is 1. The van der Waals surface area contributed by atoms with Gasteiger partial charge in [0.15, 0.2) is 0 Å². The van der Waals surface area contributed by atoms with E-state index in [0.717, 1.165) is 18.9 Å². The molecule has 4 rings (SSSR count). The summed E-state index contributed by atoms with van der Waals surface area (Å²) in [7, 11) is -3.88. The topological polar surface area (TPSA) is 82.6 Å². The van der Waals surface area contributed by atoms with Gasteiger partial charge in [-0.25, -0.2) is 22.5 Å². The van der Waals surface area contributed by atoms with Gasteiger partial charge in [0.25, 0.3) is 5.91 Å². The number of likely N-dealkylation sites (tertiary alicyclic amines) is 1. The number of sulfonamides is 1. The Bertz CT molecular complexity index is 1150. The molecule has 0 radical (unpaired) electrons. The molecular formula is C21H22Cl2F2N4O3S. The molecule has 0 aliphatic carbocycles. The van der Waals surface area contributed by atoms with Gasteiger partial charge in [-0.15, -0.1) is 0 Å². The first kappa shape index (κ1) is 24.1. The summed E-state index contributed by atoms with van der Waals surface area (Å²) in [6.45, 7) is 0.120. The molecule has 2 unspecified atom stereocenters. The Balaban J connectivity index is 1.55. The summed E-state index contributed by atoms with van der Waals surface area (Å²) in [6.07, 6.45) is 1.65. The van der Waals surface area contributed by atoms with Gasteiger partial charge in [0, 0.05) is 37.8 Å². The summed E-state index contributed by atoms with van der Waals surface area (Å²) in [5, 5.41) is 0.0794. The minimum absolute atomic E-state index is 0.0217. The first-order valence-corrected chi connectivity index (χ1v) is 12.7. The average molecular weight is 519 g/mol. The zero-order valence-corrected chi connectivity index (χ0v) is 19.8. The summed E-state index contributed by atoms with van der Waals surface area (Å²) < 4.78 is 53.3. The second-order valence-corrected chi connectivity index (χ2v) is 10.6. The molecule has 1 N–H and O–H groups in total. The Hall–Kier alpha value is -2.01. The molecule has 2 atom stereocenters. The van der Waals surface area contributed by atoms with E-state index in [1.165, 1.54) is 24.3 Å². The van der Waals surface area contributed by atoms with E-state index in [9.17, 15) is 22.0 Å². The van der Waals surface area contributed by atoms with Crippen LogP contribution in [0.1, 0.15) is 29.6 Å². The summed E-state index contributed by atoms with van der Waals surface area (Å²) in [4.78, 5) is 21.0. The van der Waals surface area contributed by atoms with Gasteiger partial charge in [-0.2, -0.15) is 0 Å².